The molecule has 0 atom stereocenters. The van der Waals surface area contributed by atoms with Crippen LogP contribution in [0.15, 0.2) is 18.2 Å². The third-order valence-corrected chi connectivity index (χ3v) is 3.08. The molecule has 0 aliphatic carbocycles. The highest BCUT2D eigenvalue weighted by Gasteiger charge is 2.30. The van der Waals surface area contributed by atoms with E-state index >= 15 is 0 Å². The molecule has 0 amide bonds. The minimum Gasteiger partial charge on any atom is -0.504 e. The summed E-state index contributed by atoms with van der Waals surface area (Å²) in [5.74, 6) is -1.65. The summed E-state index contributed by atoms with van der Waals surface area (Å²) < 4.78 is 26.8. The quantitative estimate of drug-likeness (QED) is 0.393. The van der Waals surface area contributed by atoms with Gasteiger partial charge in [-0.05, 0) is 44.5 Å². The van der Waals surface area contributed by atoms with Gasteiger partial charge >= 0.3 is 11.9 Å². The number of hydrogen-bond acceptors (Lipinski definition) is 7. The summed E-state index contributed by atoms with van der Waals surface area (Å²) >= 11 is 0. The molecule has 1 aromatic carbocycles. The van der Waals surface area contributed by atoms with E-state index in [2.05, 4.69) is 0 Å². The maximum Gasteiger partial charge on any atom is 0.330 e. The lowest BCUT2D eigenvalue weighted by Gasteiger charge is -2.30. The first kappa shape index (κ1) is 20.8. The van der Waals surface area contributed by atoms with Crippen molar-refractivity contribution in [2.75, 3.05) is 26.9 Å². The molecule has 25 heavy (non-hydrogen) atoms. The smallest absolute Gasteiger partial charge is 0.330 e. The second kappa shape index (κ2) is 9.90. The minimum atomic E-state index is -1.36. The van der Waals surface area contributed by atoms with Crippen molar-refractivity contribution in [2.24, 2.45) is 0 Å². The summed E-state index contributed by atoms with van der Waals surface area (Å²) in [5, 5.41) is 10.3. The average Bonchev–Trinajstić information content (AvgIpc) is 2.55. The lowest BCUT2D eigenvalue weighted by atomic mass is 10.1. The molecule has 0 saturated heterocycles. The van der Waals surface area contributed by atoms with Crippen LogP contribution in [0.5, 0.6) is 17.2 Å². The van der Waals surface area contributed by atoms with Gasteiger partial charge in [0.2, 0.25) is 5.75 Å². The van der Waals surface area contributed by atoms with E-state index in [9.17, 15) is 9.90 Å². The summed E-state index contributed by atoms with van der Waals surface area (Å²) in [6.45, 7) is 7.95. The minimum absolute atomic E-state index is 0.0835. The summed E-state index contributed by atoms with van der Waals surface area (Å²) in [5.41, 5.74) is 0.546. The van der Waals surface area contributed by atoms with E-state index in [4.69, 9.17) is 23.7 Å². The second-order valence-electron chi connectivity index (χ2n) is 4.99. The van der Waals surface area contributed by atoms with E-state index in [1.165, 1.54) is 25.3 Å². The van der Waals surface area contributed by atoms with Gasteiger partial charge in [-0.2, -0.15) is 0 Å². The molecule has 0 radical (unpaired) electrons. The van der Waals surface area contributed by atoms with Gasteiger partial charge in [-0.3, -0.25) is 0 Å². The largest absolute Gasteiger partial charge is 0.504 e. The van der Waals surface area contributed by atoms with E-state index in [-0.39, 0.29) is 23.9 Å². The van der Waals surface area contributed by atoms with Gasteiger partial charge in [-0.25, -0.2) is 4.79 Å². The fourth-order valence-electron chi connectivity index (χ4n) is 2.12. The Balaban J connectivity index is 3.11. The number of rotatable bonds is 10. The number of carbonyl (C=O) groups is 1. The van der Waals surface area contributed by atoms with E-state index in [1.54, 1.807) is 33.8 Å². The van der Waals surface area contributed by atoms with Gasteiger partial charge < -0.3 is 28.8 Å². The molecule has 0 aliphatic heterocycles. The average molecular weight is 354 g/mol. The molecule has 0 bridgehead atoms. The Bertz CT molecular complexity index is 589. The second-order valence-corrected chi connectivity index (χ2v) is 4.99. The van der Waals surface area contributed by atoms with Crippen LogP contribution in [0.2, 0.25) is 0 Å². The Morgan fingerprint density at radius 2 is 1.80 bits per heavy atom. The zero-order valence-corrected chi connectivity index (χ0v) is 15.3. The van der Waals surface area contributed by atoms with Crippen LogP contribution in [0, 0.1) is 0 Å². The third-order valence-electron chi connectivity index (χ3n) is 3.08. The molecule has 140 valence electrons. The van der Waals surface area contributed by atoms with Crippen molar-refractivity contribution in [1.29, 1.82) is 0 Å². The van der Waals surface area contributed by atoms with Crippen molar-refractivity contribution in [3.05, 3.63) is 23.8 Å². The number of esters is 1. The summed E-state index contributed by atoms with van der Waals surface area (Å²) in [4.78, 5) is 11.4. The van der Waals surface area contributed by atoms with Crippen LogP contribution >= 0.6 is 0 Å². The molecule has 1 N–H and O–H groups in total. The van der Waals surface area contributed by atoms with Crippen LogP contribution in [-0.2, 0) is 19.0 Å². The molecule has 1 rings (SSSR count). The number of hydrogen-bond donors (Lipinski definition) is 1. The molecule has 0 aromatic heterocycles. The number of phenols is 1. The van der Waals surface area contributed by atoms with E-state index in [0.29, 0.717) is 18.8 Å². The van der Waals surface area contributed by atoms with Crippen LogP contribution < -0.4 is 9.47 Å². The molecule has 1 aromatic rings. The SMILES string of the molecule is CCOC(=O)C=Cc1cc(O)c(OC(C)(OCC)OCC)c(OC)c1. The predicted molar refractivity (Wildman–Crippen MR) is 92.6 cm³/mol. The maximum absolute atomic E-state index is 11.4. The van der Waals surface area contributed by atoms with Gasteiger partial charge in [0.15, 0.2) is 11.5 Å². The Morgan fingerprint density at radius 3 is 2.32 bits per heavy atom. The zero-order chi connectivity index (χ0) is 18.9. The van der Waals surface area contributed by atoms with Crippen molar-refractivity contribution < 1.29 is 33.6 Å². The molecule has 0 aliphatic rings. The van der Waals surface area contributed by atoms with Gasteiger partial charge in [-0.15, -0.1) is 0 Å². The molecule has 0 spiro atoms. The van der Waals surface area contributed by atoms with Gasteiger partial charge in [0.1, 0.15) is 0 Å². The van der Waals surface area contributed by atoms with Crippen molar-refractivity contribution in [2.45, 2.75) is 33.7 Å². The number of benzene rings is 1. The topological polar surface area (TPSA) is 83.5 Å². The molecular weight excluding hydrogens is 328 g/mol. The zero-order valence-electron chi connectivity index (χ0n) is 15.3. The molecule has 7 nitrogen and oxygen atoms in total. The summed E-state index contributed by atoms with van der Waals surface area (Å²) in [7, 11) is 1.44. The summed E-state index contributed by atoms with van der Waals surface area (Å²) in [6.07, 6.45) is 2.77. The number of methoxy groups -OCH3 is 1. The van der Waals surface area contributed by atoms with Gasteiger partial charge in [-0.1, -0.05) is 0 Å². The van der Waals surface area contributed by atoms with Gasteiger partial charge in [0.25, 0.3) is 0 Å². The molecular formula is C18H26O7. The molecule has 0 fully saturated rings. The number of phenolic OH excluding ortho intramolecular Hbond substituents is 1. The molecule has 7 heteroatoms. The van der Waals surface area contributed by atoms with Gasteiger partial charge in [0, 0.05) is 13.0 Å². The third kappa shape index (κ3) is 6.28. The first-order valence-electron chi connectivity index (χ1n) is 8.11. The van der Waals surface area contributed by atoms with Crippen LogP contribution in [0.4, 0.5) is 0 Å². The van der Waals surface area contributed by atoms with E-state index in [1.807, 2.05) is 0 Å². The number of carbonyl (C=O) groups excluding carboxylic acids is 1. The summed E-state index contributed by atoms with van der Waals surface area (Å²) in [6, 6.07) is 3.05. The first-order valence-corrected chi connectivity index (χ1v) is 8.11. The monoisotopic (exact) mass is 354 g/mol. The molecule has 0 heterocycles. The molecule has 0 unspecified atom stereocenters. The normalized spacial score (nSPS) is 11.6. The van der Waals surface area contributed by atoms with Crippen LogP contribution in [0.1, 0.15) is 33.3 Å². The highest BCUT2D eigenvalue weighted by Crippen LogP contribution is 2.40. The van der Waals surface area contributed by atoms with Crippen LogP contribution in [-0.4, -0.2) is 44.0 Å². The lowest BCUT2D eigenvalue weighted by Crippen LogP contribution is -2.39. The van der Waals surface area contributed by atoms with Crippen LogP contribution in [0.25, 0.3) is 6.08 Å². The van der Waals surface area contributed by atoms with Crippen molar-refractivity contribution in [3.63, 3.8) is 0 Å². The van der Waals surface area contributed by atoms with E-state index in [0.717, 1.165) is 0 Å². The maximum atomic E-state index is 11.4. The van der Waals surface area contributed by atoms with Crippen LogP contribution in [0.3, 0.4) is 0 Å². The fraction of sp³-hybridized carbons (Fsp3) is 0.500. The van der Waals surface area contributed by atoms with Crippen molar-refractivity contribution in [1.82, 2.24) is 0 Å². The number of ether oxygens (including phenoxy) is 5. The van der Waals surface area contributed by atoms with Crippen molar-refractivity contribution in [3.8, 4) is 17.2 Å². The van der Waals surface area contributed by atoms with E-state index < -0.39 is 11.9 Å². The standard InChI is InChI=1S/C18H26O7/c1-6-22-16(20)10-9-13-11-14(19)17(15(12-13)21-5)25-18(4,23-7-2)24-8-3/h9-12,19H,6-8H2,1-5H3. The Morgan fingerprint density at radius 1 is 1.16 bits per heavy atom. The highest BCUT2D eigenvalue weighted by atomic mass is 16.9. The lowest BCUT2D eigenvalue weighted by molar-refractivity contribution is -0.329. The highest BCUT2D eigenvalue weighted by molar-refractivity contribution is 5.87. The molecule has 0 saturated carbocycles. The number of aromatic hydroxyl groups is 1. The first-order chi connectivity index (χ1) is 11.9. The predicted octanol–water partition coefficient (Wildman–Crippen LogP) is 3.10. The Kier molecular flexibility index (Phi) is 8.24. The fourth-order valence-corrected chi connectivity index (χ4v) is 2.12. The Hall–Kier alpha value is -2.25. The Labute approximate surface area is 148 Å². The van der Waals surface area contributed by atoms with Crippen molar-refractivity contribution >= 4 is 12.0 Å². The van der Waals surface area contributed by atoms with Gasteiger partial charge in [0.05, 0.1) is 26.9 Å².